The number of hydrogen-bond acceptors (Lipinski definition) is 2. The van der Waals surface area contributed by atoms with Crippen LogP contribution in [0.25, 0.3) is 0 Å². The highest BCUT2D eigenvalue weighted by Gasteiger charge is 2.53. The molecule has 0 heterocycles. The van der Waals surface area contributed by atoms with Crippen LogP contribution in [-0.4, -0.2) is 6.04 Å². The van der Waals surface area contributed by atoms with Crippen LogP contribution >= 0.6 is 11.6 Å². The van der Waals surface area contributed by atoms with E-state index < -0.39 is 0 Å². The van der Waals surface area contributed by atoms with Crippen LogP contribution in [-0.2, 0) is 6.42 Å². The quantitative estimate of drug-likeness (QED) is 0.657. The van der Waals surface area contributed by atoms with Gasteiger partial charge in [-0.1, -0.05) is 30.5 Å². The summed E-state index contributed by atoms with van der Waals surface area (Å²) in [6.45, 7) is 0. The second-order valence-electron chi connectivity index (χ2n) is 5.90. The van der Waals surface area contributed by atoms with Crippen molar-refractivity contribution >= 4 is 11.6 Å². The number of fused-ring (bicyclic) bond motifs is 1. The molecule has 104 valence electrons. The average molecular weight is 283 g/mol. The van der Waals surface area contributed by atoms with Gasteiger partial charge in [0, 0.05) is 11.1 Å². The molecular weight excluding hydrogens is 263 g/mol. The Morgan fingerprint density at radius 1 is 1.32 bits per heavy atom. The predicted molar refractivity (Wildman–Crippen MR) is 75.2 cm³/mol. The summed E-state index contributed by atoms with van der Waals surface area (Å²) >= 11 is 5.78. The van der Waals surface area contributed by atoms with Gasteiger partial charge in [-0.05, 0) is 54.7 Å². The highest BCUT2D eigenvalue weighted by Crippen LogP contribution is 2.57. The van der Waals surface area contributed by atoms with E-state index in [9.17, 15) is 4.39 Å². The highest BCUT2D eigenvalue weighted by atomic mass is 35.5. The van der Waals surface area contributed by atoms with E-state index in [1.165, 1.54) is 31.7 Å². The molecule has 0 bridgehead atoms. The van der Waals surface area contributed by atoms with Gasteiger partial charge >= 0.3 is 0 Å². The lowest BCUT2D eigenvalue weighted by Gasteiger charge is -2.17. The number of nitrogens with one attached hydrogen (secondary N) is 1. The number of hydrogen-bond donors (Lipinski definition) is 2. The Hall–Kier alpha value is -0.640. The zero-order valence-corrected chi connectivity index (χ0v) is 11.7. The SMILES string of the molecule is NNC(Cc1ccc(Cl)cc1F)C1C2CCCCC21. The molecule has 1 aromatic carbocycles. The maximum atomic E-state index is 13.8. The summed E-state index contributed by atoms with van der Waals surface area (Å²) in [5, 5.41) is 0.443. The van der Waals surface area contributed by atoms with Gasteiger partial charge in [-0.3, -0.25) is 11.3 Å². The van der Waals surface area contributed by atoms with Gasteiger partial charge in [-0.2, -0.15) is 0 Å². The van der Waals surface area contributed by atoms with Crippen LogP contribution in [0.4, 0.5) is 4.39 Å². The van der Waals surface area contributed by atoms with Crippen molar-refractivity contribution in [3.05, 3.63) is 34.6 Å². The van der Waals surface area contributed by atoms with Crippen molar-refractivity contribution in [2.45, 2.75) is 38.1 Å². The molecule has 4 heteroatoms. The molecule has 2 fully saturated rings. The van der Waals surface area contributed by atoms with Crippen LogP contribution in [0.2, 0.25) is 5.02 Å². The van der Waals surface area contributed by atoms with E-state index in [-0.39, 0.29) is 11.9 Å². The van der Waals surface area contributed by atoms with Crippen LogP contribution in [0.1, 0.15) is 31.2 Å². The Morgan fingerprint density at radius 3 is 2.58 bits per heavy atom. The smallest absolute Gasteiger partial charge is 0.127 e. The van der Waals surface area contributed by atoms with Crippen molar-refractivity contribution in [1.29, 1.82) is 0 Å². The van der Waals surface area contributed by atoms with Crippen LogP contribution in [0.3, 0.4) is 0 Å². The summed E-state index contributed by atoms with van der Waals surface area (Å²) in [4.78, 5) is 0. The van der Waals surface area contributed by atoms with Crippen LogP contribution in [0.5, 0.6) is 0 Å². The second kappa shape index (κ2) is 5.39. The van der Waals surface area contributed by atoms with E-state index in [4.69, 9.17) is 17.4 Å². The summed E-state index contributed by atoms with van der Waals surface area (Å²) in [6, 6.07) is 5.08. The Balaban J connectivity index is 1.70. The van der Waals surface area contributed by atoms with E-state index in [1.54, 1.807) is 12.1 Å². The molecule has 3 unspecified atom stereocenters. The maximum Gasteiger partial charge on any atom is 0.127 e. The monoisotopic (exact) mass is 282 g/mol. The minimum atomic E-state index is -0.226. The minimum Gasteiger partial charge on any atom is -0.271 e. The number of halogens is 2. The molecule has 1 aromatic rings. The molecule has 0 saturated heterocycles. The molecule has 0 amide bonds. The molecule has 0 spiro atoms. The van der Waals surface area contributed by atoms with Crippen molar-refractivity contribution in [3.8, 4) is 0 Å². The Morgan fingerprint density at radius 2 is 2.00 bits per heavy atom. The van der Waals surface area contributed by atoms with Crippen molar-refractivity contribution in [3.63, 3.8) is 0 Å². The van der Waals surface area contributed by atoms with Crippen LogP contribution in [0.15, 0.2) is 18.2 Å². The number of benzene rings is 1. The van der Waals surface area contributed by atoms with E-state index in [0.717, 1.165) is 11.8 Å². The lowest BCUT2D eigenvalue weighted by molar-refractivity contribution is 0.430. The fraction of sp³-hybridized carbons (Fsp3) is 0.600. The van der Waals surface area contributed by atoms with Crippen molar-refractivity contribution < 1.29 is 4.39 Å². The van der Waals surface area contributed by atoms with Gasteiger partial charge in [-0.15, -0.1) is 0 Å². The van der Waals surface area contributed by atoms with Crippen molar-refractivity contribution in [2.75, 3.05) is 0 Å². The lowest BCUT2D eigenvalue weighted by atomic mass is 10.00. The zero-order chi connectivity index (χ0) is 13.4. The Labute approximate surface area is 118 Å². The molecule has 3 atom stereocenters. The van der Waals surface area contributed by atoms with Crippen molar-refractivity contribution in [2.24, 2.45) is 23.6 Å². The molecule has 0 radical (unpaired) electrons. The fourth-order valence-electron chi connectivity index (χ4n) is 3.87. The van der Waals surface area contributed by atoms with Gasteiger partial charge in [-0.25, -0.2) is 4.39 Å². The lowest BCUT2D eigenvalue weighted by Crippen LogP contribution is -2.39. The molecule has 0 aliphatic heterocycles. The third-order valence-corrected chi connectivity index (χ3v) is 5.09. The van der Waals surface area contributed by atoms with Gasteiger partial charge in [0.25, 0.3) is 0 Å². The first-order chi connectivity index (χ1) is 9.20. The predicted octanol–water partition coefficient (Wildman–Crippen LogP) is 3.29. The minimum absolute atomic E-state index is 0.184. The van der Waals surface area contributed by atoms with E-state index >= 15 is 0 Å². The first-order valence-corrected chi connectivity index (χ1v) is 7.48. The molecule has 2 saturated carbocycles. The molecule has 2 nitrogen and oxygen atoms in total. The Kier molecular flexibility index (Phi) is 3.79. The molecule has 0 aromatic heterocycles. The number of nitrogens with two attached hydrogens (primary N) is 1. The first-order valence-electron chi connectivity index (χ1n) is 7.10. The molecule has 3 N–H and O–H groups in total. The molecular formula is C15H20ClFN2. The largest absolute Gasteiger partial charge is 0.271 e. The standard InChI is InChI=1S/C15H20ClFN2/c16-10-6-5-9(13(17)8-10)7-14(19-18)15-11-3-1-2-4-12(11)15/h5-6,8,11-12,14-15,19H,1-4,7,18H2. The topological polar surface area (TPSA) is 38.0 Å². The normalized spacial score (nSPS) is 30.8. The van der Waals surface area contributed by atoms with Gasteiger partial charge in [0.2, 0.25) is 0 Å². The summed E-state index contributed by atoms with van der Waals surface area (Å²) in [7, 11) is 0. The molecule has 3 rings (SSSR count). The van der Waals surface area contributed by atoms with Crippen LogP contribution in [0, 0.1) is 23.6 Å². The molecule has 2 aliphatic carbocycles. The van der Waals surface area contributed by atoms with Crippen molar-refractivity contribution in [1.82, 2.24) is 5.43 Å². The first kappa shape index (κ1) is 13.3. The van der Waals surface area contributed by atoms with Gasteiger partial charge in [0.15, 0.2) is 0 Å². The summed E-state index contributed by atoms with van der Waals surface area (Å²) in [5.74, 6) is 7.72. The maximum absolute atomic E-state index is 13.8. The van der Waals surface area contributed by atoms with E-state index in [0.29, 0.717) is 22.9 Å². The van der Waals surface area contributed by atoms with Gasteiger partial charge < -0.3 is 0 Å². The summed E-state index contributed by atoms with van der Waals surface area (Å²) in [5.41, 5.74) is 3.62. The van der Waals surface area contributed by atoms with Gasteiger partial charge in [0.1, 0.15) is 5.82 Å². The average Bonchev–Trinajstić information content (AvgIpc) is 3.12. The number of rotatable bonds is 4. The third kappa shape index (κ3) is 2.64. The van der Waals surface area contributed by atoms with E-state index in [1.807, 2.05) is 0 Å². The zero-order valence-electron chi connectivity index (χ0n) is 10.9. The summed E-state index contributed by atoms with van der Waals surface area (Å²) in [6.07, 6.45) is 5.96. The second-order valence-corrected chi connectivity index (χ2v) is 6.34. The number of hydrazine groups is 1. The van der Waals surface area contributed by atoms with E-state index in [2.05, 4.69) is 5.43 Å². The molecule has 19 heavy (non-hydrogen) atoms. The summed E-state index contributed by atoms with van der Waals surface area (Å²) < 4.78 is 13.8. The Bertz CT molecular complexity index is 453. The highest BCUT2D eigenvalue weighted by molar-refractivity contribution is 6.30. The molecule has 2 aliphatic rings. The fourth-order valence-corrected chi connectivity index (χ4v) is 4.03. The van der Waals surface area contributed by atoms with Crippen LogP contribution < -0.4 is 11.3 Å². The third-order valence-electron chi connectivity index (χ3n) is 4.86. The van der Waals surface area contributed by atoms with Gasteiger partial charge in [0.05, 0.1) is 0 Å².